The summed E-state index contributed by atoms with van der Waals surface area (Å²) in [7, 11) is 0. The van der Waals surface area contributed by atoms with Gasteiger partial charge in [0, 0.05) is 31.1 Å². The maximum Gasteiger partial charge on any atom is 0.311 e. The molecule has 18 heteroatoms. The van der Waals surface area contributed by atoms with Crippen LogP contribution in [-0.4, -0.2) is 166 Å². The van der Waals surface area contributed by atoms with Crippen LogP contribution < -0.4 is 5.73 Å². The molecule has 0 aromatic rings. The van der Waals surface area contributed by atoms with Gasteiger partial charge in [0.1, 0.15) is 18.1 Å². The number of hydrogen-bond acceptors (Lipinski definition) is 17. The van der Waals surface area contributed by atoms with Crippen molar-refractivity contribution in [1.29, 1.82) is 0 Å². The number of allylic oxidation sites excluding steroid dienone is 10. The monoisotopic (exact) mass is 926 g/mol. The lowest BCUT2D eigenvalue weighted by Gasteiger charge is -2.45. The highest BCUT2D eigenvalue weighted by atomic mass is 16.7. The molecular formula is C47H75NO17. The van der Waals surface area contributed by atoms with Gasteiger partial charge >= 0.3 is 11.9 Å². The zero-order chi connectivity index (χ0) is 48.4. The summed E-state index contributed by atoms with van der Waals surface area (Å²) in [5.41, 5.74) is 6.02. The lowest BCUT2D eigenvalue weighted by atomic mass is 9.82. The first-order valence-corrected chi connectivity index (χ1v) is 22.6. The van der Waals surface area contributed by atoms with E-state index in [4.69, 9.17) is 24.7 Å². The van der Waals surface area contributed by atoms with Crippen LogP contribution in [0.5, 0.6) is 0 Å². The molecule has 18 nitrogen and oxygen atoms in total. The molecule has 3 rings (SSSR count). The van der Waals surface area contributed by atoms with Crippen LogP contribution in [0.4, 0.5) is 0 Å². The van der Waals surface area contributed by atoms with Crippen LogP contribution in [0.1, 0.15) is 91.9 Å². The first-order valence-electron chi connectivity index (χ1n) is 22.6. The standard InChI is InChI=1S/C47H75NO17/c1-27-17-15-13-11-9-7-5-6-8-10-12-14-16-18-34(64-46-44(58)41(48)43(57)30(4)63-46)24-38-40(45(59)60)37(54)26-47(61,65-38)25-36(53)35(52)20-19-31(49)21-32(50)22-33(51)23-39(55)62-29(3)28(2)42(27)56/h5-6,8,10-18,27-38,40-44,46,49-54,56-58,61H,7,9,19-26,48H2,1-4H3,(H,59,60)/b6-5+,10-8+,13-11-,14-12+,17-15+,18-16+/t27-,28+,29+,30?,31+,32+,33+,34?,35+,36+,37+,38+,40+,41?,42+,43?,44?,46?,47+/m0/s1. The van der Waals surface area contributed by atoms with Crippen molar-refractivity contribution >= 4 is 11.9 Å². The largest absolute Gasteiger partial charge is 0.481 e. The predicted molar refractivity (Wildman–Crippen MR) is 237 cm³/mol. The molecule has 3 heterocycles. The molecule has 6 unspecified atom stereocenters. The number of carbonyl (C=O) groups excluding carboxylic acids is 1. The molecule has 13 N–H and O–H groups in total. The molecular weight excluding hydrogens is 851 g/mol. The van der Waals surface area contributed by atoms with E-state index in [0.29, 0.717) is 0 Å². The van der Waals surface area contributed by atoms with Crippen LogP contribution in [0.3, 0.4) is 0 Å². The van der Waals surface area contributed by atoms with Crippen LogP contribution >= 0.6 is 0 Å². The summed E-state index contributed by atoms with van der Waals surface area (Å²) >= 11 is 0. The summed E-state index contributed by atoms with van der Waals surface area (Å²) in [4.78, 5) is 25.1. The molecule has 2 saturated heterocycles. The number of aliphatic hydroxyl groups is 10. The topological polar surface area (TPSA) is 320 Å². The lowest BCUT2D eigenvalue weighted by Crippen LogP contribution is -2.61. The number of carbonyl (C=O) groups is 2. The zero-order valence-corrected chi connectivity index (χ0v) is 37.8. The van der Waals surface area contributed by atoms with Crippen molar-refractivity contribution in [3.05, 3.63) is 72.9 Å². The molecule has 0 amide bonds. The number of rotatable bonds is 3. The molecule has 0 aromatic heterocycles. The minimum Gasteiger partial charge on any atom is -0.481 e. The van der Waals surface area contributed by atoms with Gasteiger partial charge in [-0.15, -0.1) is 0 Å². The Morgan fingerprint density at radius 2 is 1.28 bits per heavy atom. The molecule has 2 bridgehead atoms. The van der Waals surface area contributed by atoms with Crippen molar-refractivity contribution in [2.45, 2.75) is 189 Å². The molecule has 0 radical (unpaired) electrons. The molecule has 0 saturated carbocycles. The van der Waals surface area contributed by atoms with Crippen LogP contribution in [0.2, 0.25) is 0 Å². The summed E-state index contributed by atoms with van der Waals surface area (Å²) in [6.45, 7) is 6.78. The second kappa shape index (κ2) is 27.6. The minimum atomic E-state index is -2.35. The van der Waals surface area contributed by atoms with Gasteiger partial charge in [0.15, 0.2) is 12.1 Å². The molecule has 0 aliphatic carbocycles. The number of nitrogens with two attached hydrogens (primary N) is 1. The molecule has 0 spiro atoms. The highest BCUT2D eigenvalue weighted by Gasteiger charge is 2.51. The third kappa shape index (κ3) is 18.8. The number of ether oxygens (including phenoxy) is 4. The average Bonchev–Trinajstić information content (AvgIpc) is 3.21. The molecule has 370 valence electrons. The van der Waals surface area contributed by atoms with Crippen molar-refractivity contribution in [1.82, 2.24) is 0 Å². The molecule has 65 heavy (non-hydrogen) atoms. The van der Waals surface area contributed by atoms with Gasteiger partial charge in [-0.1, -0.05) is 86.8 Å². The third-order valence-electron chi connectivity index (χ3n) is 12.2. The van der Waals surface area contributed by atoms with E-state index in [2.05, 4.69) is 0 Å². The number of esters is 1. The van der Waals surface area contributed by atoms with Crippen LogP contribution in [0, 0.1) is 17.8 Å². The first-order chi connectivity index (χ1) is 30.6. The quantitative estimate of drug-likeness (QED) is 0.175. The van der Waals surface area contributed by atoms with Gasteiger partial charge in [-0.25, -0.2) is 0 Å². The van der Waals surface area contributed by atoms with E-state index in [0.717, 1.165) is 12.8 Å². The second-order valence-corrected chi connectivity index (χ2v) is 17.8. The van der Waals surface area contributed by atoms with Gasteiger partial charge in [0.05, 0.1) is 79.6 Å². The van der Waals surface area contributed by atoms with Crippen LogP contribution in [0.25, 0.3) is 0 Å². The summed E-state index contributed by atoms with van der Waals surface area (Å²) in [5.74, 6) is -6.82. The second-order valence-electron chi connectivity index (χ2n) is 17.8. The van der Waals surface area contributed by atoms with E-state index in [-0.39, 0.29) is 38.0 Å². The summed E-state index contributed by atoms with van der Waals surface area (Å²) in [5, 5.41) is 118. The van der Waals surface area contributed by atoms with Gasteiger partial charge < -0.3 is 80.9 Å². The Bertz CT molecular complexity index is 1620. The summed E-state index contributed by atoms with van der Waals surface area (Å²) in [6, 6.07) is -1.14. The minimum absolute atomic E-state index is 0.138. The normalized spacial score (nSPS) is 45.2. The van der Waals surface area contributed by atoms with Crippen molar-refractivity contribution in [2.24, 2.45) is 23.5 Å². The van der Waals surface area contributed by atoms with Crippen LogP contribution in [-0.2, 0) is 28.5 Å². The van der Waals surface area contributed by atoms with E-state index < -0.39 is 141 Å². The van der Waals surface area contributed by atoms with Gasteiger partial charge in [-0.05, 0) is 52.4 Å². The summed E-state index contributed by atoms with van der Waals surface area (Å²) in [6.07, 6.45) is 2.28. The number of cyclic esters (lactones) is 1. The van der Waals surface area contributed by atoms with E-state index >= 15 is 0 Å². The van der Waals surface area contributed by atoms with E-state index in [1.54, 1.807) is 38.2 Å². The molecule has 2 fully saturated rings. The van der Waals surface area contributed by atoms with Crippen molar-refractivity contribution in [2.75, 3.05) is 0 Å². The Labute approximate surface area is 381 Å². The summed E-state index contributed by atoms with van der Waals surface area (Å²) < 4.78 is 23.2. The average molecular weight is 926 g/mol. The number of aliphatic carboxylic acids is 1. The van der Waals surface area contributed by atoms with Crippen molar-refractivity contribution < 1.29 is 84.7 Å². The van der Waals surface area contributed by atoms with Crippen molar-refractivity contribution in [3.63, 3.8) is 0 Å². The Hall–Kier alpha value is -3.18. The van der Waals surface area contributed by atoms with Gasteiger partial charge in [0.25, 0.3) is 0 Å². The van der Waals surface area contributed by atoms with E-state index in [1.807, 2.05) is 49.5 Å². The third-order valence-corrected chi connectivity index (χ3v) is 12.2. The number of aliphatic hydroxyl groups excluding tert-OH is 9. The lowest BCUT2D eigenvalue weighted by molar-refractivity contribution is -0.310. The van der Waals surface area contributed by atoms with Crippen molar-refractivity contribution in [3.8, 4) is 0 Å². The molecule has 19 atom stereocenters. The van der Waals surface area contributed by atoms with E-state index in [9.17, 15) is 65.8 Å². The Balaban J connectivity index is 1.84. The highest BCUT2D eigenvalue weighted by Crippen LogP contribution is 2.38. The van der Waals surface area contributed by atoms with Crippen LogP contribution in [0.15, 0.2) is 72.9 Å². The fourth-order valence-corrected chi connectivity index (χ4v) is 8.11. The predicted octanol–water partition coefficient (Wildman–Crippen LogP) is 0.936. The zero-order valence-electron chi connectivity index (χ0n) is 37.8. The fourth-order valence-electron chi connectivity index (χ4n) is 8.11. The Morgan fingerprint density at radius 3 is 1.94 bits per heavy atom. The molecule has 3 aliphatic rings. The van der Waals surface area contributed by atoms with Gasteiger partial charge in [-0.2, -0.15) is 0 Å². The Kier molecular flexibility index (Phi) is 23.8. The maximum absolute atomic E-state index is 12.6. The van der Waals surface area contributed by atoms with Gasteiger partial charge in [-0.3, -0.25) is 9.59 Å². The number of hydrogen-bond donors (Lipinski definition) is 12. The van der Waals surface area contributed by atoms with E-state index in [1.165, 1.54) is 13.0 Å². The smallest absolute Gasteiger partial charge is 0.311 e. The first kappa shape index (κ1) is 56.1. The molecule has 0 aromatic carbocycles. The number of carboxylic acid groups (broad SMARTS) is 1. The van der Waals surface area contributed by atoms with Gasteiger partial charge in [0.2, 0.25) is 0 Å². The number of carboxylic acids is 1. The SMILES string of the molecule is CC1OC(OC2/C=C/C=C/C=C/C=C/CC/C=C\C=C\[C@H](C)[C@@H](O)[C@H](C)[C@@H](C)OC(=O)C[C@H](O)C[C@H](O)C[C@H](O)CC[C@@H](O)[C@H](O)C[C@]3(O)C[C@@H](O)[C@@H](C(=O)O)[C@@H](C2)O3)C(O)C(N)C1O. The highest BCUT2D eigenvalue weighted by molar-refractivity contribution is 5.71. The molecule has 3 aliphatic heterocycles. The maximum atomic E-state index is 12.6. The fraction of sp³-hybridized carbons (Fsp3) is 0.702. The number of fused-ring (bicyclic) bond motifs is 2. The Morgan fingerprint density at radius 1 is 0.692 bits per heavy atom.